The number of carbonyl (C=O) groups is 1. The summed E-state index contributed by atoms with van der Waals surface area (Å²) in [5.41, 5.74) is 1.22. The van der Waals surface area contributed by atoms with Gasteiger partial charge in [-0.05, 0) is 54.7 Å². The van der Waals surface area contributed by atoms with Crippen LogP contribution in [0.15, 0.2) is 77.6 Å². The van der Waals surface area contributed by atoms with Gasteiger partial charge in [-0.1, -0.05) is 87.5 Å². The summed E-state index contributed by atoms with van der Waals surface area (Å²) < 4.78 is 41.2. The molecule has 1 amide bonds. The van der Waals surface area contributed by atoms with E-state index in [4.69, 9.17) is 9.16 Å². The van der Waals surface area contributed by atoms with Gasteiger partial charge in [0.1, 0.15) is 12.4 Å². The Bertz CT molecular complexity index is 1720. The molecular weight excluding hydrogens is 604 g/mol. The minimum Gasteiger partial charge on any atom is -0.481 e. The molecule has 244 valence electrons. The number of aromatic nitrogens is 2. The maximum absolute atomic E-state index is 14.8. The van der Waals surface area contributed by atoms with Crippen LogP contribution in [-0.2, 0) is 17.5 Å². The van der Waals surface area contributed by atoms with Gasteiger partial charge in [0.25, 0.3) is 11.5 Å². The number of nitrogens with zero attached hydrogens (tertiary/aromatic N) is 2. The highest BCUT2D eigenvalue weighted by atomic mass is 28.4. The second kappa shape index (κ2) is 14.5. The number of carbonyl (C=O) groups excluding carboxylic acids is 1. The first-order chi connectivity index (χ1) is 21.7. The second-order valence-corrected chi connectivity index (χ2v) is 17.9. The Morgan fingerprint density at radius 1 is 0.957 bits per heavy atom. The fourth-order valence-electron chi connectivity index (χ4n) is 4.78. The highest BCUT2D eigenvalue weighted by molar-refractivity contribution is 6.74. The molecule has 0 fully saturated rings. The number of ether oxygens (including phenoxy) is 1. The van der Waals surface area contributed by atoms with Crippen molar-refractivity contribution in [2.45, 2.75) is 71.8 Å². The monoisotopic (exact) mass is 647 g/mol. The summed E-state index contributed by atoms with van der Waals surface area (Å²) in [7, 11) is -2.07. The van der Waals surface area contributed by atoms with E-state index in [1.54, 1.807) is 29.2 Å². The number of amides is 1. The molecule has 0 aliphatic heterocycles. The van der Waals surface area contributed by atoms with Crippen molar-refractivity contribution in [3.05, 3.63) is 117 Å². The zero-order valence-corrected chi connectivity index (χ0v) is 28.6. The number of benzene rings is 3. The lowest BCUT2D eigenvalue weighted by Crippen LogP contribution is -2.45. The zero-order chi connectivity index (χ0) is 33.6. The van der Waals surface area contributed by atoms with Crippen LogP contribution < -0.4 is 10.3 Å². The van der Waals surface area contributed by atoms with Crippen LogP contribution in [0.2, 0.25) is 18.1 Å². The van der Waals surface area contributed by atoms with E-state index in [0.717, 1.165) is 11.6 Å². The molecule has 46 heavy (non-hydrogen) atoms. The molecule has 0 aliphatic rings. The lowest BCUT2D eigenvalue weighted by Gasteiger charge is -2.37. The van der Waals surface area contributed by atoms with Crippen molar-refractivity contribution in [3.8, 4) is 16.9 Å². The van der Waals surface area contributed by atoms with Gasteiger partial charge in [-0.15, -0.1) is 0 Å². The van der Waals surface area contributed by atoms with Crippen LogP contribution in [0.3, 0.4) is 0 Å². The van der Waals surface area contributed by atoms with Crippen molar-refractivity contribution in [2.24, 2.45) is 0 Å². The minimum absolute atomic E-state index is 0.00598. The molecule has 3 aromatic carbocycles. The third-order valence-electron chi connectivity index (χ3n) is 8.46. The van der Waals surface area contributed by atoms with Gasteiger partial charge in [-0.2, -0.15) is 0 Å². The molecule has 0 atom stereocenters. The quantitative estimate of drug-likeness (QED) is 0.159. The van der Waals surface area contributed by atoms with E-state index in [1.165, 1.54) is 12.1 Å². The van der Waals surface area contributed by atoms with Gasteiger partial charge in [-0.3, -0.25) is 9.59 Å². The maximum Gasteiger partial charge on any atom is 0.294 e. The molecule has 4 aromatic rings. The topological polar surface area (TPSA) is 84.5 Å². The average Bonchev–Trinajstić information content (AvgIpc) is 3.00. The van der Waals surface area contributed by atoms with Gasteiger partial charge in [0.05, 0.1) is 6.61 Å². The van der Waals surface area contributed by atoms with Gasteiger partial charge in [-0.25, -0.2) is 13.8 Å². The van der Waals surface area contributed by atoms with E-state index in [-0.39, 0.29) is 46.9 Å². The lowest BCUT2D eigenvalue weighted by atomic mass is 9.97. The molecular formula is C36H43F2N3O4Si. The Hall–Kier alpha value is -4.15. The third-order valence-corrected chi connectivity index (χ3v) is 13.0. The number of hydrogen-bond acceptors (Lipinski definition) is 5. The van der Waals surface area contributed by atoms with E-state index >= 15 is 0 Å². The highest BCUT2D eigenvalue weighted by Gasteiger charge is 2.37. The zero-order valence-electron chi connectivity index (χ0n) is 27.6. The fourth-order valence-corrected chi connectivity index (χ4v) is 5.81. The summed E-state index contributed by atoms with van der Waals surface area (Å²) >= 11 is 0. The van der Waals surface area contributed by atoms with Crippen molar-refractivity contribution in [2.75, 3.05) is 13.2 Å². The molecule has 0 bridgehead atoms. The summed E-state index contributed by atoms with van der Waals surface area (Å²) in [6, 6.07) is 20.0. The van der Waals surface area contributed by atoms with Crippen LogP contribution >= 0.6 is 0 Å². The molecule has 7 nitrogen and oxygen atoms in total. The lowest BCUT2D eigenvalue weighted by molar-refractivity contribution is 0.0657. The molecule has 0 unspecified atom stereocenters. The standard InChI is InChI=1S/C36H43F2N3O4Si/c1-24(2)41(20-21-45-46(6,7)36(3,4)5)35(43)32-33(44-23-25-14-9-8-10-15-25)34(42)40-30(39-32)22-26-16-11-12-17-27(26)28-18-13-19-29(37)31(28)38/h8-19,24H,20-23H2,1-7H3,(H,39,40,42). The molecule has 0 saturated carbocycles. The van der Waals surface area contributed by atoms with Crippen molar-refractivity contribution in [1.29, 1.82) is 0 Å². The third kappa shape index (κ3) is 8.16. The number of halogens is 2. The number of H-pyrrole nitrogens is 1. The summed E-state index contributed by atoms with van der Waals surface area (Å²) in [6.07, 6.45) is 0.0524. The molecule has 0 spiro atoms. The van der Waals surface area contributed by atoms with Crippen LogP contribution in [0.4, 0.5) is 8.78 Å². The fraction of sp³-hybridized carbons (Fsp3) is 0.361. The van der Waals surface area contributed by atoms with Gasteiger partial charge in [0, 0.05) is 24.6 Å². The Kier molecular flexibility index (Phi) is 11.0. The second-order valence-electron chi connectivity index (χ2n) is 13.1. The normalized spacial score (nSPS) is 12.0. The van der Waals surface area contributed by atoms with Gasteiger partial charge < -0.3 is 19.0 Å². The van der Waals surface area contributed by atoms with Crippen LogP contribution in [0.5, 0.6) is 5.75 Å². The van der Waals surface area contributed by atoms with Crippen LogP contribution in [-0.4, -0.2) is 48.3 Å². The maximum atomic E-state index is 14.8. The Morgan fingerprint density at radius 2 is 1.61 bits per heavy atom. The number of nitrogens with one attached hydrogen (secondary N) is 1. The van der Waals surface area contributed by atoms with Crippen LogP contribution in [0.1, 0.15) is 62.1 Å². The number of rotatable bonds is 12. The molecule has 0 aliphatic carbocycles. The largest absolute Gasteiger partial charge is 0.481 e. The van der Waals surface area contributed by atoms with E-state index in [0.29, 0.717) is 24.3 Å². The summed E-state index contributed by atoms with van der Waals surface area (Å²) in [6.45, 7) is 15.3. The first kappa shape index (κ1) is 34.7. The van der Waals surface area contributed by atoms with E-state index in [1.807, 2.05) is 44.2 Å². The van der Waals surface area contributed by atoms with Gasteiger partial charge in [0.2, 0.25) is 5.75 Å². The molecule has 0 radical (unpaired) electrons. The number of hydrogen-bond donors (Lipinski definition) is 1. The Balaban J connectivity index is 1.72. The van der Waals surface area contributed by atoms with Crippen molar-refractivity contribution < 1.29 is 22.7 Å². The van der Waals surface area contributed by atoms with Crippen LogP contribution in [0.25, 0.3) is 11.1 Å². The molecule has 10 heteroatoms. The summed E-state index contributed by atoms with van der Waals surface area (Å²) in [5.74, 6) is -2.39. The summed E-state index contributed by atoms with van der Waals surface area (Å²) in [4.78, 5) is 36.8. The average molecular weight is 648 g/mol. The van der Waals surface area contributed by atoms with Crippen molar-refractivity contribution in [3.63, 3.8) is 0 Å². The number of aromatic amines is 1. The van der Waals surface area contributed by atoms with Crippen molar-refractivity contribution in [1.82, 2.24) is 14.9 Å². The predicted molar refractivity (Wildman–Crippen MR) is 180 cm³/mol. The summed E-state index contributed by atoms with van der Waals surface area (Å²) in [5, 5.41) is 0.00598. The SMILES string of the molecule is CC(C)N(CCO[Si](C)(C)C(C)(C)C)C(=O)c1nc(Cc2ccccc2-c2cccc(F)c2F)[nH]c(=O)c1OCc1ccccc1. The first-order valence-corrected chi connectivity index (χ1v) is 18.4. The minimum atomic E-state index is -2.07. The van der Waals surface area contributed by atoms with E-state index in [2.05, 4.69) is 43.8 Å². The van der Waals surface area contributed by atoms with E-state index in [9.17, 15) is 18.4 Å². The predicted octanol–water partition coefficient (Wildman–Crippen LogP) is 7.76. The Labute approximate surface area is 270 Å². The van der Waals surface area contributed by atoms with E-state index < -0.39 is 31.4 Å². The molecule has 1 aromatic heterocycles. The van der Waals surface area contributed by atoms with Gasteiger partial charge >= 0.3 is 0 Å². The molecule has 0 saturated heterocycles. The van der Waals surface area contributed by atoms with Gasteiger partial charge in [0.15, 0.2) is 25.6 Å². The van der Waals surface area contributed by atoms with Crippen LogP contribution in [0, 0.1) is 11.6 Å². The van der Waals surface area contributed by atoms with Crippen molar-refractivity contribution >= 4 is 14.2 Å². The highest BCUT2D eigenvalue weighted by Crippen LogP contribution is 2.36. The first-order valence-electron chi connectivity index (χ1n) is 15.5. The molecule has 1 N–H and O–H groups in total. The Morgan fingerprint density at radius 3 is 2.28 bits per heavy atom. The molecule has 4 rings (SSSR count). The molecule has 1 heterocycles. The smallest absolute Gasteiger partial charge is 0.294 e.